The molecule has 0 saturated heterocycles. The number of H-pyrrole nitrogens is 1. The van der Waals surface area contributed by atoms with Crippen molar-refractivity contribution in [3.63, 3.8) is 0 Å². The number of hydrogen-bond donors (Lipinski definition) is 3. The number of aromatic amines is 1. The zero-order chi connectivity index (χ0) is 15.0. The number of anilines is 1. The Morgan fingerprint density at radius 2 is 2.33 bits per heavy atom. The van der Waals surface area contributed by atoms with Gasteiger partial charge in [-0.1, -0.05) is 11.8 Å². The van der Waals surface area contributed by atoms with Crippen molar-refractivity contribution >= 4 is 34.5 Å². The molecule has 4 N–H and O–H groups in total. The summed E-state index contributed by atoms with van der Waals surface area (Å²) in [6, 6.07) is 5.46. The van der Waals surface area contributed by atoms with Gasteiger partial charge in [0.1, 0.15) is 5.56 Å². The van der Waals surface area contributed by atoms with Crippen LogP contribution in [0.25, 0.3) is 11.0 Å². The predicted octanol–water partition coefficient (Wildman–Crippen LogP) is 1.87. The third kappa shape index (κ3) is 2.57. The molecule has 2 heterocycles. The molecular weight excluding hydrogens is 290 g/mol. The minimum Gasteiger partial charge on any atom is -0.478 e. The first-order chi connectivity index (χ1) is 10.0. The lowest BCUT2D eigenvalue weighted by Crippen LogP contribution is -2.03. The second-order valence-electron chi connectivity index (χ2n) is 4.54. The fourth-order valence-corrected chi connectivity index (χ4v) is 2.98. The van der Waals surface area contributed by atoms with Gasteiger partial charge in [0.25, 0.3) is 0 Å². The number of aromatic nitrogens is 4. The van der Waals surface area contributed by atoms with Crippen LogP contribution in [0.5, 0.6) is 0 Å². The number of carboxylic acid groups (broad SMARTS) is 1. The average molecular weight is 303 g/mol. The summed E-state index contributed by atoms with van der Waals surface area (Å²) in [5.74, 6) is -0.510. The van der Waals surface area contributed by atoms with Gasteiger partial charge in [0.05, 0.1) is 22.9 Å². The van der Waals surface area contributed by atoms with E-state index in [9.17, 15) is 4.79 Å². The Bertz CT molecular complexity index is 823. The number of nitrogen functional groups attached to an aromatic ring is 1. The van der Waals surface area contributed by atoms with Crippen molar-refractivity contribution in [2.75, 3.05) is 5.73 Å². The number of carbonyl (C=O) groups is 1. The van der Waals surface area contributed by atoms with E-state index < -0.39 is 5.97 Å². The van der Waals surface area contributed by atoms with Crippen LogP contribution in [0.4, 0.5) is 5.69 Å². The summed E-state index contributed by atoms with van der Waals surface area (Å²) in [5, 5.41) is 13.8. The normalized spacial score (nSPS) is 11.1. The number of imidazole rings is 1. The number of carboxylic acids is 1. The molecule has 1 aromatic carbocycles. The molecule has 0 atom stereocenters. The number of thioether (sulfide) groups is 1. The largest absolute Gasteiger partial charge is 0.478 e. The number of hydrogen-bond acceptors (Lipinski definition) is 5. The molecule has 0 aliphatic carbocycles. The first-order valence-corrected chi connectivity index (χ1v) is 7.15. The Morgan fingerprint density at radius 1 is 1.52 bits per heavy atom. The molecule has 8 heteroatoms. The molecule has 0 spiro atoms. The van der Waals surface area contributed by atoms with Gasteiger partial charge in [-0.25, -0.2) is 9.78 Å². The second-order valence-corrected chi connectivity index (χ2v) is 5.50. The number of aryl methyl sites for hydroxylation is 1. The lowest BCUT2D eigenvalue weighted by molar-refractivity contribution is 0.0696. The van der Waals surface area contributed by atoms with Gasteiger partial charge in [-0.2, -0.15) is 5.10 Å². The summed E-state index contributed by atoms with van der Waals surface area (Å²) in [4.78, 5) is 18.7. The zero-order valence-corrected chi connectivity index (χ0v) is 12.0. The highest BCUT2D eigenvalue weighted by Crippen LogP contribution is 2.25. The first-order valence-electron chi connectivity index (χ1n) is 6.17. The molecule has 21 heavy (non-hydrogen) atoms. The van der Waals surface area contributed by atoms with E-state index >= 15 is 0 Å². The van der Waals surface area contributed by atoms with Crippen LogP contribution in [0, 0.1) is 0 Å². The minimum atomic E-state index is -0.976. The van der Waals surface area contributed by atoms with Crippen LogP contribution in [-0.4, -0.2) is 30.8 Å². The number of nitrogens with two attached hydrogens (primary N) is 1. The number of aromatic carboxylic acids is 1. The maximum absolute atomic E-state index is 11.1. The van der Waals surface area contributed by atoms with E-state index in [1.54, 1.807) is 17.8 Å². The summed E-state index contributed by atoms with van der Waals surface area (Å²) in [7, 11) is 1.72. The highest BCUT2D eigenvalue weighted by molar-refractivity contribution is 7.98. The highest BCUT2D eigenvalue weighted by atomic mass is 32.2. The fraction of sp³-hybridized carbons (Fsp3) is 0.154. The van der Waals surface area contributed by atoms with Crippen LogP contribution in [0.1, 0.15) is 16.1 Å². The maximum atomic E-state index is 11.1. The van der Waals surface area contributed by atoms with Crippen molar-refractivity contribution in [2.24, 2.45) is 7.05 Å². The Morgan fingerprint density at radius 3 is 3.10 bits per heavy atom. The number of rotatable bonds is 4. The molecule has 0 unspecified atom stereocenters. The Hall–Kier alpha value is -2.48. The van der Waals surface area contributed by atoms with E-state index in [-0.39, 0.29) is 5.56 Å². The van der Waals surface area contributed by atoms with Crippen molar-refractivity contribution in [3.8, 4) is 0 Å². The molecule has 0 saturated carbocycles. The summed E-state index contributed by atoms with van der Waals surface area (Å²) in [6.07, 6.45) is 1.36. The van der Waals surface area contributed by atoms with Crippen molar-refractivity contribution in [3.05, 3.63) is 35.7 Å². The quantitative estimate of drug-likeness (QED) is 0.501. The van der Waals surface area contributed by atoms with Gasteiger partial charge in [-0.15, -0.1) is 0 Å². The lowest BCUT2D eigenvalue weighted by atomic mass is 10.3. The van der Waals surface area contributed by atoms with E-state index in [1.165, 1.54) is 18.0 Å². The fourth-order valence-electron chi connectivity index (χ4n) is 2.02. The molecule has 7 nitrogen and oxygen atoms in total. The smallest absolute Gasteiger partial charge is 0.339 e. The topological polar surface area (TPSA) is 110 Å². The van der Waals surface area contributed by atoms with Crippen molar-refractivity contribution in [1.29, 1.82) is 0 Å². The Balaban J connectivity index is 1.83. The Labute approximate surface area is 124 Å². The molecule has 3 aromatic rings. The van der Waals surface area contributed by atoms with E-state index in [0.29, 0.717) is 22.3 Å². The lowest BCUT2D eigenvalue weighted by Gasteiger charge is -2.01. The van der Waals surface area contributed by atoms with Gasteiger partial charge < -0.3 is 15.8 Å². The molecule has 3 rings (SSSR count). The molecule has 0 radical (unpaired) electrons. The van der Waals surface area contributed by atoms with E-state index in [1.807, 2.05) is 12.1 Å². The third-order valence-corrected chi connectivity index (χ3v) is 4.01. The highest BCUT2D eigenvalue weighted by Gasteiger charge is 2.15. The van der Waals surface area contributed by atoms with Gasteiger partial charge in [-0.05, 0) is 18.2 Å². The SMILES string of the molecule is Cn1ncc(C(=O)O)c1CSc1nc2ccc(N)cc2[nH]1. The zero-order valence-electron chi connectivity index (χ0n) is 11.2. The predicted molar refractivity (Wildman–Crippen MR) is 80.2 cm³/mol. The second kappa shape index (κ2) is 5.13. The number of nitrogens with one attached hydrogen (secondary N) is 1. The summed E-state index contributed by atoms with van der Waals surface area (Å²) >= 11 is 1.42. The van der Waals surface area contributed by atoms with Gasteiger partial charge in [0, 0.05) is 18.5 Å². The molecular formula is C13H13N5O2S. The van der Waals surface area contributed by atoms with Crippen LogP contribution in [0.2, 0.25) is 0 Å². The summed E-state index contributed by atoms with van der Waals surface area (Å²) in [6.45, 7) is 0. The molecule has 0 fully saturated rings. The van der Waals surface area contributed by atoms with Crippen LogP contribution < -0.4 is 5.73 Å². The van der Waals surface area contributed by atoms with Crippen molar-refractivity contribution < 1.29 is 9.90 Å². The molecule has 0 bridgehead atoms. The first kappa shape index (κ1) is 13.5. The maximum Gasteiger partial charge on any atom is 0.339 e. The number of nitrogens with zero attached hydrogens (tertiary/aromatic N) is 3. The van der Waals surface area contributed by atoms with E-state index in [2.05, 4.69) is 15.1 Å². The van der Waals surface area contributed by atoms with Gasteiger partial charge in [-0.3, -0.25) is 4.68 Å². The van der Waals surface area contributed by atoms with Crippen molar-refractivity contribution in [2.45, 2.75) is 10.9 Å². The monoisotopic (exact) mass is 303 g/mol. The Kier molecular flexibility index (Phi) is 3.30. The van der Waals surface area contributed by atoms with E-state index in [0.717, 1.165) is 11.0 Å². The van der Waals surface area contributed by atoms with Crippen LogP contribution >= 0.6 is 11.8 Å². The molecule has 108 valence electrons. The summed E-state index contributed by atoms with van der Waals surface area (Å²) in [5.41, 5.74) is 8.94. The number of benzene rings is 1. The standard InChI is InChI=1S/C13H13N5O2S/c1-18-11(8(5-15-18)12(19)20)6-21-13-16-9-3-2-7(14)4-10(9)17-13/h2-5H,6,14H2,1H3,(H,16,17)(H,19,20). The average Bonchev–Trinajstić information content (AvgIpc) is 2.99. The van der Waals surface area contributed by atoms with Gasteiger partial charge in [0.15, 0.2) is 5.16 Å². The molecule has 0 amide bonds. The summed E-state index contributed by atoms with van der Waals surface area (Å²) < 4.78 is 1.57. The van der Waals surface area contributed by atoms with Crippen LogP contribution in [0.15, 0.2) is 29.6 Å². The van der Waals surface area contributed by atoms with E-state index in [4.69, 9.17) is 10.8 Å². The molecule has 0 aliphatic heterocycles. The van der Waals surface area contributed by atoms with Crippen LogP contribution in [-0.2, 0) is 12.8 Å². The minimum absolute atomic E-state index is 0.213. The number of fused-ring (bicyclic) bond motifs is 1. The van der Waals surface area contributed by atoms with Gasteiger partial charge in [0.2, 0.25) is 0 Å². The van der Waals surface area contributed by atoms with Crippen LogP contribution in [0.3, 0.4) is 0 Å². The van der Waals surface area contributed by atoms with Crippen molar-refractivity contribution in [1.82, 2.24) is 19.7 Å². The molecule has 0 aliphatic rings. The third-order valence-electron chi connectivity index (χ3n) is 3.12. The molecule has 2 aromatic heterocycles. The van der Waals surface area contributed by atoms with Gasteiger partial charge >= 0.3 is 5.97 Å².